The molecule has 0 aromatic heterocycles. The lowest BCUT2D eigenvalue weighted by molar-refractivity contribution is 0.00575. The van der Waals surface area contributed by atoms with Crippen molar-refractivity contribution < 1.29 is 0 Å². The lowest BCUT2D eigenvalue weighted by Gasteiger charge is -2.49. The first-order chi connectivity index (χ1) is 15.5. The molecule has 0 nitrogen and oxygen atoms in total. The Morgan fingerprint density at radius 1 is 0.472 bits per heavy atom. The second-order valence-corrected chi connectivity index (χ2v) is 22.2. The van der Waals surface area contributed by atoms with E-state index in [9.17, 15) is 0 Å². The standard InChI is InChI=1S/C11H24.C9H14Si.C8H18.C7H16/c1-9(2,3)11(7,8)10(4,5)6;1-10(2,3)9-7-5-4-6-8-9;1-7(2,3)8(4,5)6;1-5-7(3,4)6-2/h1-8H3;4-8H,1-3H3;1-6H3;5-6H2,1-4H3. The Hall–Kier alpha value is -0.563. The smallest absolute Gasteiger partial charge is 0.0656 e. The van der Waals surface area contributed by atoms with Crippen molar-refractivity contribution in [1.29, 1.82) is 0 Å². The predicted molar refractivity (Wildman–Crippen MR) is 175 cm³/mol. The molecule has 1 aromatic rings. The molecule has 0 N–H and O–H groups in total. The van der Waals surface area contributed by atoms with Crippen molar-refractivity contribution in [1.82, 2.24) is 0 Å². The van der Waals surface area contributed by atoms with Crippen LogP contribution in [0.3, 0.4) is 0 Å². The summed E-state index contributed by atoms with van der Waals surface area (Å²) in [5.41, 5.74) is 2.59. The number of hydrogen-bond acceptors (Lipinski definition) is 0. The molecule has 0 unspecified atom stereocenters. The van der Waals surface area contributed by atoms with E-state index in [1.54, 1.807) is 0 Å². The minimum atomic E-state index is -1.03. The Morgan fingerprint density at radius 2 is 0.750 bits per heavy atom. The zero-order valence-corrected chi connectivity index (χ0v) is 30.3. The summed E-state index contributed by atoms with van der Waals surface area (Å²) in [7, 11) is -1.03. The van der Waals surface area contributed by atoms with Gasteiger partial charge in [-0.1, -0.05) is 193 Å². The lowest BCUT2D eigenvalue weighted by atomic mass is 9.56. The van der Waals surface area contributed by atoms with E-state index in [2.05, 4.69) is 175 Å². The molecule has 1 rings (SSSR count). The van der Waals surface area contributed by atoms with Gasteiger partial charge in [0.1, 0.15) is 0 Å². The van der Waals surface area contributed by atoms with E-state index in [4.69, 9.17) is 0 Å². The maximum Gasteiger partial charge on any atom is 0.0775 e. The van der Waals surface area contributed by atoms with E-state index in [-0.39, 0.29) is 0 Å². The van der Waals surface area contributed by atoms with Gasteiger partial charge in [0, 0.05) is 0 Å². The van der Waals surface area contributed by atoms with Gasteiger partial charge in [-0.15, -0.1) is 0 Å². The molecule has 0 aliphatic carbocycles. The average molecular weight is 521 g/mol. The summed E-state index contributed by atoms with van der Waals surface area (Å²) in [6, 6.07) is 10.8. The van der Waals surface area contributed by atoms with Gasteiger partial charge in [-0.05, 0) is 32.5 Å². The predicted octanol–water partition coefficient (Wildman–Crippen LogP) is 12.2. The first kappa shape index (κ1) is 39.9. The third kappa shape index (κ3) is 16.3. The van der Waals surface area contributed by atoms with Crippen molar-refractivity contribution in [3.63, 3.8) is 0 Å². The molecule has 0 saturated heterocycles. The normalized spacial score (nSPS) is 13.4. The van der Waals surface area contributed by atoms with Gasteiger partial charge >= 0.3 is 0 Å². The van der Waals surface area contributed by atoms with Gasteiger partial charge in [-0.2, -0.15) is 0 Å². The van der Waals surface area contributed by atoms with Gasteiger partial charge in [-0.25, -0.2) is 0 Å². The minimum Gasteiger partial charge on any atom is -0.0656 e. The molecule has 0 fully saturated rings. The molecular formula is C35H72Si. The Labute approximate surface area is 232 Å². The van der Waals surface area contributed by atoms with Crippen molar-refractivity contribution in [2.75, 3.05) is 0 Å². The van der Waals surface area contributed by atoms with E-state index in [0.29, 0.717) is 32.5 Å². The van der Waals surface area contributed by atoms with E-state index in [0.717, 1.165) is 0 Å². The van der Waals surface area contributed by atoms with E-state index in [1.165, 1.54) is 18.0 Å². The van der Waals surface area contributed by atoms with Crippen LogP contribution < -0.4 is 5.19 Å². The molecule has 0 saturated carbocycles. The highest BCUT2D eigenvalue weighted by Crippen LogP contribution is 2.50. The highest BCUT2D eigenvalue weighted by molar-refractivity contribution is 6.88. The summed E-state index contributed by atoms with van der Waals surface area (Å²) in [4.78, 5) is 0. The molecule has 36 heavy (non-hydrogen) atoms. The van der Waals surface area contributed by atoms with Crippen LogP contribution in [0.25, 0.3) is 0 Å². The van der Waals surface area contributed by atoms with Gasteiger partial charge in [0.05, 0.1) is 8.07 Å². The SMILES string of the molecule is CC(C)(C)C(C)(C)C.CC(C)(C)C(C)(C)C(C)(C)C.CCC(C)(C)CC.C[Si](C)(C)c1ccccc1. The molecule has 0 aliphatic rings. The molecule has 0 radical (unpaired) electrons. The van der Waals surface area contributed by atoms with Crippen LogP contribution in [0.15, 0.2) is 30.3 Å². The first-order valence-electron chi connectivity index (χ1n) is 14.5. The minimum absolute atomic E-state index is 0.375. The van der Waals surface area contributed by atoms with Crippen molar-refractivity contribution in [2.45, 2.75) is 157 Å². The number of hydrogen-bond donors (Lipinski definition) is 0. The maximum absolute atomic E-state index is 2.36. The van der Waals surface area contributed by atoms with Crippen molar-refractivity contribution >= 4 is 13.3 Å². The average Bonchev–Trinajstić information content (AvgIpc) is 2.66. The molecular weight excluding hydrogens is 448 g/mol. The van der Waals surface area contributed by atoms with Crippen molar-refractivity contribution in [3.8, 4) is 0 Å². The van der Waals surface area contributed by atoms with Crippen LogP contribution in [-0.2, 0) is 0 Å². The molecule has 0 amide bonds. The molecule has 1 aromatic carbocycles. The molecule has 0 heterocycles. The van der Waals surface area contributed by atoms with Crippen LogP contribution in [0.2, 0.25) is 19.6 Å². The van der Waals surface area contributed by atoms with Crippen LogP contribution in [-0.4, -0.2) is 8.07 Å². The zero-order chi connectivity index (χ0) is 30.0. The quantitative estimate of drug-likeness (QED) is 0.347. The molecule has 1 heteroatoms. The van der Waals surface area contributed by atoms with Gasteiger partial charge in [-0.3, -0.25) is 0 Å². The summed E-state index contributed by atoms with van der Waals surface area (Å²) in [5, 5.41) is 1.54. The third-order valence-corrected chi connectivity index (χ3v) is 11.6. The Balaban J connectivity index is -0.000000410. The topological polar surface area (TPSA) is 0 Å². The van der Waals surface area contributed by atoms with Crippen LogP contribution in [0.4, 0.5) is 0 Å². The van der Waals surface area contributed by atoms with Crippen molar-refractivity contribution in [2.24, 2.45) is 32.5 Å². The summed E-state index contributed by atoms with van der Waals surface area (Å²) in [6.45, 7) is 48.4. The van der Waals surface area contributed by atoms with E-state index >= 15 is 0 Å². The fraction of sp³-hybridized carbons (Fsp3) is 0.829. The third-order valence-electron chi connectivity index (χ3n) is 9.55. The fourth-order valence-electron chi connectivity index (χ4n) is 2.31. The molecule has 0 aliphatic heterocycles. The van der Waals surface area contributed by atoms with Gasteiger partial charge in [0.15, 0.2) is 0 Å². The Morgan fingerprint density at radius 3 is 0.833 bits per heavy atom. The van der Waals surface area contributed by atoms with Crippen LogP contribution in [0.1, 0.15) is 137 Å². The molecule has 0 spiro atoms. The summed E-state index contributed by atoms with van der Waals surface area (Å²) in [6.07, 6.45) is 2.59. The number of benzene rings is 1. The molecule has 0 bridgehead atoms. The monoisotopic (exact) mass is 521 g/mol. The second kappa shape index (κ2) is 14.6. The maximum atomic E-state index is 2.36. The highest BCUT2D eigenvalue weighted by Gasteiger charge is 2.42. The van der Waals surface area contributed by atoms with Gasteiger partial charge < -0.3 is 0 Å². The Kier molecular flexibility index (Phi) is 16.1. The summed E-state index contributed by atoms with van der Waals surface area (Å²) >= 11 is 0. The fourth-order valence-corrected chi connectivity index (χ4v) is 3.51. The van der Waals surface area contributed by atoms with E-state index < -0.39 is 8.07 Å². The van der Waals surface area contributed by atoms with Gasteiger partial charge in [0.2, 0.25) is 0 Å². The van der Waals surface area contributed by atoms with Crippen LogP contribution in [0.5, 0.6) is 0 Å². The second-order valence-electron chi connectivity index (χ2n) is 17.1. The zero-order valence-electron chi connectivity index (χ0n) is 29.3. The number of rotatable bonds is 3. The lowest BCUT2D eigenvalue weighted by Crippen LogP contribution is -2.41. The van der Waals surface area contributed by atoms with Crippen molar-refractivity contribution in [3.05, 3.63) is 30.3 Å². The first-order valence-corrected chi connectivity index (χ1v) is 18.0. The molecule has 216 valence electrons. The molecule has 0 atom stereocenters. The Bertz CT molecular complexity index is 638. The highest BCUT2D eigenvalue weighted by atomic mass is 28.3. The largest absolute Gasteiger partial charge is 0.0775 e. The van der Waals surface area contributed by atoms with E-state index in [1.807, 2.05) is 0 Å². The van der Waals surface area contributed by atoms with Gasteiger partial charge in [0.25, 0.3) is 0 Å². The van der Waals surface area contributed by atoms with Crippen LogP contribution in [0, 0.1) is 32.5 Å². The summed E-state index contributed by atoms with van der Waals surface area (Å²) < 4.78 is 0. The summed E-state index contributed by atoms with van der Waals surface area (Å²) in [5.74, 6) is 0. The van der Waals surface area contributed by atoms with Crippen LogP contribution >= 0.6 is 0 Å².